The third-order valence-corrected chi connectivity index (χ3v) is 2.57. The van der Waals surface area contributed by atoms with Crippen LogP contribution in [0.15, 0.2) is 18.2 Å². The van der Waals surface area contributed by atoms with Gasteiger partial charge in [0.2, 0.25) is 0 Å². The van der Waals surface area contributed by atoms with Crippen LogP contribution in [0.4, 0.5) is 0 Å². The zero-order valence-electron chi connectivity index (χ0n) is 8.55. The number of hydrogen-bond acceptors (Lipinski definition) is 2. The highest BCUT2D eigenvalue weighted by Gasteiger charge is 2.36. The minimum absolute atomic E-state index is 0.0533. The number of rotatable bonds is 1. The van der Waals surface area contributed by atoms with Crippen LogP contribution in [0.2, 0.25) is 0 Å². The first-order valence-corrected chi connectivity index (χ1v) is 4.56. The molecule has 0 unspecified atom stereocenters. The van der Waals surface area contributed by atoms with Crippen molar-refractivity contribution in [2.75, 3.05) is 7.11 Å². The minimum atomic E-state index is -0.291. The van der Waals surface area contributed by atoms with Crippen LogP contribution >= 0.6 is 0 Å². The topological polar surface area (TPSA) is 38.3 Å². The number of fused-ring (bicyclic) bond motifs is 1. The van der Waals surface area contributed by atoms with E-state index in [4.69, 9.17) is 4.74 Å². The van der Waals surface area contributed by atoms with Gasteiger partial charge in [-0.15, -0.1) is 0 Å². The summed E-state index contributed by atoms with van der Waals surface area (Å²) in [6, 6.07) is 5.66. The first kappa shape index (κ1) is 9.06. The molecule has 1 aliphatic heterocycles. The Hall–Kier alpha value is -1.51. The number of carbonyl (C=O) groups is 1. The lowest BCUT2D eigenvalue weighted by atomic mass is 9.94. The van der Waals surface area contributed by atoms with E-state index >= 15 is 0 Å². The van der Waals surface area contributed by atoms with Gasteiger partial charge in [-0.2, -0.15) is 0 Å². The molecule has 74 valence electrons. The number of methoxy groups -OCH3 is 1. The fourth-order valence-corrected chi connectivity index (χ4v) is 1.87. The van der Waals surface area contributed by atoms with E-state index in [0.29, 0.717) is 11.3 Å². The summed E-state index contributed by atoms with van der Waals surface area (Å²) in [6.45, 7) is 3.96. The van der Waals surface area contributed by atoms with Crippen LogP contribution in [0.25, 0.3) is 0 Å². The first-order chi connectivity index (χ1) is 6.56. The number of hydrogen-bond donors (Lipinski definition) is 1. The summed E-state index contributed by atoms with van der Waals surface area (Å²) < 4.78 is 5.16. The maximum absolute atomic E-state index is 11.7. The molecule has 0 atom stereocenters. The SMILES string of the molecule is COc1cccc2c1C(=O)NC2(C)C. The molecule has 1 N–H and O–H groups in total. The molecule has 0 bridgehead atoms. The Morgan fingerprint density at radius 3 is 2.71 bits per heavy atom. The average molecular weight is 191 g/mol. The molecule has 0 saturated heterocycles. The largest absolute Gasteiger partial charge is 0.496 e. The molecule has 1 heterocycles. The van der Waals surface area contributed by atoms with Gasteiger partial charge >= 0.3 is 0 Å². The van der Waals surface area contributed by atoms with Gasteiger partial charge in [-0.1, -0.05) is 12.1 Å². The molecule has 0 aliphatic carbocycles. The summed E-state index contributed by atoms with van der Waals surface area (Å²) >= 11 is 0. The average Bonchev–Trinajstić information content (AvgIpc) is 2.38. The third-order valence-electron chi connectivity index (χ3n) is 2.57. The van der Waals surface area contributed by atoms with Crippen molar-refractivity contribution in [3.8, 4) is 5.75 Å². The van der Waals surface area contributed by atoms with Crippen molar-refractivity contribution in [1.29, 1.82) is 0 Å². The number of nitrogens with one attached hydrogen (secondary N) is 1. The number of benzene rings is 1. The quantitative estimate of drug-likeness (QED) is 0.733. The maximum atomic E-state index is 11.7. The predicted molar refractivity (Wildman–Crippen MR) is 53.5 cm³/mol. The Balaban J connectivity index is 2.67. The smallest absolute Gasteiger partial charge is 0.256 e. The van der Waals surface area contributed by atoms with Crippen molar-refractivity contribution in [3.63, 3.8) is 0 Å². The number of carbonyl (C=O) groups excluding carboxylic acids is 1. The fourth-order valence-electron chi connectivity index (χ4n) is 1.87. The second kappa shape index (κ2) is 2.74. The van der Waals surface area contributed by atoms with Crippen molar-refractivity contribution in [1.82, 2.24) is 5.32 Å². The second-order valence-corrected chi connectivity index (χ2v) is 3.96. The van der Waals surface area contributed by atoms with E-state index in [1.165, 1.54) is 0 Å². The molecule has 0 fully saturated rings. The van der Waals surface area contributed by atoms with Crippen LogP contribution in [0.3, 0.4) is 0 Å². The molecule has 1 aromatic carbocycles. The van der Waals surface area contributed by atoms with Crippen LogP contribution in [0.5, 0.6) is 5.75 Å². The molecule has 0 aromatic heterocycles. The van der Waals surface area contributed by atoms with Gasteiger partial charge in [-0.25, -0.2) is 0 Å². The first-order valence-electron chi connectivity index (χ1n) is 4.56. The van der Waals surface area contributed by atoms with E-state index in [2.05, 4.69) is 5.32 Å². The molecular weight excluding hydrogens is 178 g/mol. The molecular formula is C11H13NO2. The lowest BCUT2D eigenvalue weighted by Crippen LogP contribution is -2.32. The fraction of sp³-hybridized carbons (Fsp3) is 0.364. The van der Waals surface area contributed by atoms with Crippen molar-refractivity contribution in [2.45, 2.75) is 19.4 Å². The summed E-state index contributed by atoms with van der Waals surface area (Å²) in [5.74, 6) is 0.591. The zero-order valence-corrected chi connectivity index (χ0v) is 8.55. The summed E-state index contributed by atoms with van der Waals surface area (Å²) in [7, 11) is 1.58. The number of amides is 1. The van der Waals surface area contributed by atoms with Gasteiger partial charge in [-0.3, -0.25) is 4.79 Å². The zero-order chi connectivity index (χ0) is 10.3. The third kappa shape index (κ3) is 1.09. The summed E-state index contributed by atoms with van der Waals surface area (Å²) in [5, 5.41) is 2.91. The molecule has 0 spiro atoms. The Kier molecular flexibility index (Phi) is 1.77. The van der Waals surface area contributed by atoms with E-state index in [9.17, 15) is 4.79 Å². The van der Waals surface area contributed by atoms with Crippen molar-refractivity contribution < 1.29 is 9.53 Å². The van der Waals surface area contributed by atoms with E-state index in [1.807, 2.05) is 26.0 Å². The van der Waals surface area contributed by atoms with Gasteiger partial charge in [0, 0.05) is 0 Å². The minimum Gasteiger partial charge on any atom is -0.496 e. The highest BCUT2D eigenvalue weighted by Crippen LogP contribution is 2.35. The van der Waals surface area contributed by atoms with Gasteiger partial charge < -0.3 is 10.1 Å². The lowest BCUT2D eigenvalue weighted by Gasteiger charge is -2.18. The highest BCUT2D eigenvalue weighted by atomic mass is 16.5. The van der Waals surface area contributed by atoms with Gasteiger partial charge in [0.25, 0.3) is 5.91 Å². The van der Waals surface area contributed by atoms with Crippen molar-refractivity contribution in [2.24, 2.45) is 0 Å². The maximum Gasteiger partial charge on any atom is 0.256 e. The van der Waals surface area contributed by atoms with Gasteiger partial charge in [0.1, 0.15) is 5.75 Å². The Bertz CT molecular complexity index is 396. The molecule has 1 aliphatic rings. The molecule has 0 radical (unpaired) electrons. The standard InChI is InChI=1S/C11H13NO2/c1-11(2)7-5-4-6-8(14-3)9(7)10(13)12-11/h4-6H,1-3H3,(H,12,13). The number of ether oxygens (including phenoxy) is 1. The van der Waals surface area contributed by atoms with Gasteiger partial charge in [-0.05, 0) is 25.5 Å². The van der Waals surface area contributed by atoms with Crippen LogP contribution in [-0.2, 0) is 5.54 Å². The summed E-state index contributed by atoms with van der Waals surface area (Å²) in [6.07, 6.45) is 0. The van der Waals surface area contributed by atoms with Gasteiger partial charge in [0.05, 0.1) is 18.2 Å². The van der Waals surface area contributed by atoms with Crippen LogP contribution in [0.1, 0.15) is 29.8 Å². The Labute approximate surface area is 83.1 Å². The Morgan fingerprint density at radius 1 is 1.36 bits per heavy atom. The van der Waals surface area contributed by atoms with Gasteiger partial charge in [0.15, 0.2) is 0 Å². The van der Waals surface area contributed by atoms with Crippen molar-refractivity contribution >= 4 is 5.91 Å². The molecule has 1 amide bonds. The lowest BCUT2D eigenvalue weighted by molar-refractivity contribution is 0.0938. The van der Waals surface area contributed by atoms with Crippen LogP contribution in [0, 0.1) is 0 Å². The molecule has 0 saturated carbocycles. The van der Waals surface area contributed by atoms with E-state index in [0.717, 1.165) is 5.56 Å². The van der Waals surface area contributed by atoms with E-state index in [1.54, 1.807) is 13.2 Å². The molecule has 2 rings (SSSR count). The predicted octanol–water partition coefficient (Wildman–Crippen LogP) is 1.67. The molecule has 14 heavy (non-hydrogen) atoms. The Morgan fingerprint density at radius 2 is 2.07 bits per heavy atom. The molecule has 3 nitrogen and oxygen atoms in total. The normalized spacial score (nSPS) is 17.5. The summed E-state index contributed by atoms with van der Waals surface area (Å²) in [5.41, 5.74) is 1.38. The highest BCUT2D eigenvalue weighted by molar-refractivity contribution is 6.02. The summed E-state index contributed by atoms with van der Waals surface area (Å²) in [4.78, 5) is 11.7. The second-order valence-electron chi connectivity index (χ2n) is 3.96. The monoisotopic (exact) mass is 191 g/mol. The van der Waals surface area contributed by atoms with E-state index in [-0.39, 0.29) is 11.4 Å². The van der Waals surface area contributed by atoms with Crippen LogP contribution in [-0.4, -0.2) is 13.0 Å². The molecule has 3 heteroatoms. The van der Waals surface area contributed by atoms with Crippen molar-refractivity contribution in [3.05, 3.63) is 29.3 Å². The van der Waals surface area contributed by atoms with Crippen LogP contribution < -0.4 is 10.1 Å². The van der Waals surface area contributed by atoms with E-state index < -0.39 is 0 Å². The molecule has 1 aromatic rings.